The Hall–Kier alpha value is 0.360. The van der Waals surface area contributed by atoms with Crippen LogP contribution in [0.25, 0.3) is 0 Å². The summed E-state index contributed by atoms with van der Waals surface area (Å²) < 4.78 is 0.935. The van der Waals surface area contributed by atoms with E-state index in [0.29, 0.717) is 8.64 Å². The number of rotatable bonds is 4. The molecule has 0 aromatic rings. The van der Waals surface area contributed by atoms with E-state index in [1.807, 2.05) is 13.8 Å². The van der Waals surface area contributed by atoms with E-state index < -0.39 is 0 Å². The monoisotopic (exact) mass is 319 g/mol. The smallest absolute Gasteiger partial charge is 0.157 e. The fraction of sp³-hybridized carbons (Fsp3) is 0.750. The van der Waals surface area contributed by atoms with Gasteiger partial charge in [0.15, 0.2) is 8.64 Å². The van der Waals surface area contributed by atoms with E-state index in [-0.39, 0.29) is 6.15 Å². The van der Waals surface area contributed by atoms with Crippen LogP contribution in [0.4, 0.5) is 0 Å². The predicted octanol–water partition coefficient (Wildman–Crippen LogP) is 2.33. The first-order valence-electron chi connectivity index (χ1n) is 4.53. The number of hydroxylamine groups is 4. The van der Waals surface area contributed by atoms with Gasteiger partial charge >= 0.3 is 0 Å². The quantitative estimate of drug-likeness (QED) is 0.418. The summed E-state index contributed by atoms with van der Waals surface area (Å²) >= 11 is 17.1. The van der Waals surface area contributed by atoms with Crippen molar-refractivity contribution in [3.63, 3.8) is 0 Å². The molecule has 0 bridgehead atoms. The summed E-state index contributed by atoms with van der Waals surface area (Å²) in [6, 6.07) is 0. The van der Waals surface area contributed by atoms with E-state index in [9.17, 15) is 0 Å². The van der Waals surface area contributed by atoms with Gasteiger partial charge in [0.1, 0.15) is 0 Å². The van der Waals surface area contributed by atoms with Crippen LogP contribution >= 0.6 is 49.7 Å². The lowest BCUT2D eigenvalue weighted by Gasteiger charge is -2.15. The zero-order chi connectivity index (χ0) is 13.1. The molecule has 0 radical (unpaired) electrons. The summed E-state index contributed by atoms with van der Waals surface area (Å²) in [5.74, 6) is 0. The van der Waals surface area contributed by atoms with Gasteiger partial charge in [-0.1, -0.05) is 24.4 Å². The van der Waals surface area contributed by atoms with Crippen molar-refractivity contribution in [2.75, 3.05) is 27.3 Å². The maximum absolute atomic E-state index is 4.78. The molecule has 3 N–H and O–H groups in total. The Kier molecular flexibility index (Phi) is 19.1. The largest absolute Gasteiger partial charge is 0.344 e. The van der Waals surface area contributed by atoms with Crippen LogP contribution in [-0.4, -0.2) is 46.1 Å². The van der Waals surface area contributed by atoms with Crippen molar-refractivity contribution in [3.8, 4) is 0 Å². The van der Waals surface area contributed by atoms with Gasteiger partial charge in [-0.2, -0.15) is 0 Å². The number of nitrogens with zero attached hydrogens (tertiary/aromatic N) is 2. The van der Waals surface area contributed by atoms with Crippen molar-refractivity contribution in [2.24, 2.45) is 0 Å². The van der Waals surface area contributed by atoms with Crippen LogP contribution in [0.5, 0.6) is 0 Å². The standard InChI is InChI=1S/2C4H9NOS2.H3N/c2*1-3-5(6-2)4(7)8;/h2*3H2,1-2H3,(H,7,8);1H3. The normalized spacial score (nSPS) is 8.35. The molecular formula is C8H21N3O2S4. The summed E-state index contributed by atoms with van der Waals surface area (Å²) in [4.78, 5) is 9.55. The molecule has 0 fully saturated rings. The van der Waals surface area contributed by atoms with Crippen molar-refractivity contribution < 1.29 is 9.68 Å². The first kappa shape index (κ1) is 22.5. The zero-order valence-corrected chi connectivity index (χ0v) is 14.0. The molecule has 0 aliphatic heterocycles. The molecule has 0 atom stereocenters. The van der Waals surface area contributed by atoms with Gasteiger partial charge in [-0.3, -0.25) is 9.68 Å². The van der Waals surface area contributed by atoms with Crippen molar-refractivity contribution in [2.45, 2.75) is 13.8 Å². The van der Waals surface area contributed by atoms with Crippen molar-refractivity contribution in [1.29, 1.82) is 0 Å². The average Bonchev–Trinajstić information content (AvgIpc) is 2.21. The maximum atomic E-state index is 4.78. The second kappa shape index (κ2) is 14.4. The molecule has 0 amide bonds. The minimum absolute atomic E-state index is 0. The third-order valence-corrected chi connectivity index (χ3v) is 2.30. The third kappa shape index (κ3) is 12.6. The second-order valence-corrected chi connectivity index (χ2v) is 4.55. The lowest BCUT2D eigenvalue weighted by atomic mass is 10.8. The Labute approximate surface area is 125 Å². The minimum Gasteiger partial charge on any atom is -0.344 e. The maximum Gasteiger partial charge on any atom is 0.157 e. The third-order valence-electron chi connectivity index (χ3n) is 1.44. The van der Waals surface area contributed by atoms with Gasteiger partial charge in [0.25, 0.3) is 0 Å². The van der Waals surface area contributed by atoms with Gasteiger partial charge in [0.05, 0.1) is 14.2 Å². The molecule has 0 spiro atoms. The average molecular weight is 320 g/mol. The molecule has 0 saturated carbocycles. The highest BCUT2D eigenvalue weighted by molar-refractivity contribution is 8.11. The second-order valence-electron chi connectivity index (χ2n) is 2.32. The number of thiol groups is 2. The van der Waals surface area contributed by atoms with Gasteiger partial charge in [-0.15, -0.1) is 25.3 Å². The fourth-order valence-electron chi connectivity index (χ4n) is 0.685. The van der Waals surface area contributed by atoms with Gasteiger partial charge < -0.3 is 6.15 Å². The number of hydrogen-bond acceptors (Lipinski definition) is 5. The van der Waals surface area contributed by atoms with Crippen LogP contribution in [0.3, 0.4) is 0 Å². The molecule has 17 heavy (non-hydrogen) atoms. The first-order chi connectivity index (χ1) is 7.44. The Bertz CT molecular complexity index is 189. The molecule has 0 rings (SSSR count). The predicted molar refractivity (Wildman–Crippen MR) is 87.0 cm³/mol. The molecule has 9 heteroatoms. The molecule has 0 aliphatic rings. The summed E-state index contributed by atoms with van der Waals surface area (Å²) in [5.41, 5.74) is 0. The summed E-state index contributed by atoms with van der Waals surface area (Å²) in [7, 11) is 3.12. The highest BCUT2D eigenvalue weighted by atomic mass is 32.1. The van der Waals surface area contributed by atoms with E-state index in [1.165, 1.54) is 10.1 Å². The molecule has 0 heterocycles. The topological polar surface area (TPSA) is 59.9 Å². The number of hydrogen-bond donors (Lipinski definition) is 3. The van der Waals surface area contributed by atoms with E-state index in [0.717, 1.165) is 13.1 Å². The molecule has 0 unspecified atom stereocenters. The molecule has 0 saturated heterocycles. The van der Waals surface area contributed by atoms with Crippen molar-refractivity contribution >= 4 is 58.3 Å². The molecule has 0 aromatic heterocycles. The Morgan fingerprint density at radius 1 is 0.941 bits per heavy atom. The molecule has 104 valence electrons. The zero-order valence-electron chi connectivity index (χ0n) is 10.5. The van der Waals surface area contributed by atoms with Gasteiger partial charge in [-0.05, 0) is 13.8 Å². The Morgan fingerprint density at radius 2 is 1.18 bits per heavy atom. The van der Waals surface area contributed by atoms with E-state index in [4.69, 9.17) is 9.68 Å². The first-order valence-corrected chi connectivity index (χ1v) is 6.24. The molecule has 0 aromatic carbocycles. The minimum atomic E-state index is 0. The summed E-state index contributed by atoms with van der Waals surface area (Å²) in [5, 5.41) is 3.02. The van der Waals surface area contributed by atoms with Gasteiger partial charge in [-0.25, -0.2) is 10.1 Å². The van der Waals surface area contributed by atoms with Crippen LogP contribution < -0.4 is 6.15 Å². The fourth-order valence-corrected chi connectivity index (χ4v) is 1.54. The van der Waals surface area contributed by atoms with Crippen molar-refractivity contribution in [1.82, 2.24) is 16.3 Å². The van der Waals surface area contributed by atoms with Crippen molar-refractivity contribution in [3.05, 3.63) is 0 Å². The van der Waals surface area contributed by atoms with Crippen LogP contribution in [0.1, 0.15) is 13.8 Å². The highest BCUT2D eigenvalue weighted by Crippen LogP contribution is 1.94. The Morgan fingerprint density at radius 3 is 1.18 bits per heavy atom. The molecular weight excluding hydrogens is 298 g/mol. The van der Waals surface area contributed by atoms with Crippen LogP contribution in [0.2, 0.25) is 0 Å². The van der Waals surface area contributed by atoms with E-state index in [1.54, 1.807) is 14.2 Å². The lowest BCUT2D eigenvalue weighted by molar-refractivity contribution is -0.0547. The van der Waals surface area contributed by atoms with E-state index >= 15 is 0 Å². The van der Waals surface area contributed by atoms with Crippen LogP contribution in [0, 0.1) is 0 Å². The van der Waals surface area contributed by atoms with Gasteiger partial charge in [0.2, 0.25) is 0 Å². The van der Waals surface area contributed by atoms with E-state index in [2.05, 4.69) is 49.7 Å². The van der Waals surface area contributed by atoms with Crippen LogP contribution in [0.15, 0.2) is 0 Å². The summed E-state index contributed by atoms with van der Waals surface area (Å²) in [6.07, 6.45) is 0. The SMILES string of the molecule is CCN(OC)C(=S)S.CCN(OC)C(=S)S.N. The Balaban J connectivity index is -0.000000218. The number of thiocarbonyl (C=S) groups is 2. The van der Waals surface area contributed by atoms with Crippen LogP contribution in [-0.2, 0) is 9.68 Å². The lowest BCUT2D eigenvalue weighted by Crippen LogP contribution is -2.23. The summed E-state index contributed by atoms with van der Waals surface area (Å²) in [6.45, 7) is 5.34. The van der Waals surface area contributed by atoms with Gasteiger partial charge in [0, 0.05) is 13.1 Å². The molecule has 5 nitrogen and oxygen atoms in total. The highest BCUT2D eigenvalue weighted by Gasteiger charge is 1.98. The molecule has 0 aliphatic carbocycles.